The van der Waals surface area contributed by atoms with E-state index in [2.05, 4.69) is 5.32 Å². The molecule has 2 aliphatic rings. The zero-order valence-electron chi connectivity index (χ0n) is 18.5. The van der Waals surface area contributed by atoms with Crippen molar-refractivity contribution in [3.8, 4) is 0 Å². The Kier molecular flexibility index (Phi) is 6.84. The summed E-state index contributed by atoms with van der Waals surface area (Å²) in [5.41, 5.74) is 1.49. The van der Waals surface area contributed by atoms with E-state index in [0.717, 1.165) is 10.5 Å². The van der Waals surface area contributed by atoms with E-state index in [0.29, 0.717) is 37.1 Å². The molecule has 1 saturated heterocycles. The van der Waals surface area contributed by atoms with Crippen LogP contribution in [0.4, 0.5) is 0 Å². The van der Waals surface area contributed by atoms with Gasteiger partial charge in [0, 0.05) is 32.7 Å². The highest BCUT2D eigenvalue weighted by molar-refractivity contribution is 6.22. The SMILES string of the molecule is COCC(=O)N1CCC(NC(=O)C(Cc2ccccc2)N2C(=O)c3ccccc3C2=O)CC1. The second kappa shape index (κ2) is 9.95. The number of methoxy groups -OCH3 is 1. The van der Waals surface area contributed by atoms with Gasteiger partial charge in [-0.25, -0.2) is 0 Å². The fourth-order valence-electron chi connectivity index (χ4n) is 4.41. The van der Waals surface area contributed by atoms with Crippen LogP contribution in [0.1, 0.15) is 39.1 Å². The molecule has 0 aliphatic carbocycles. The third-order valence-electron chi connectivity index (χ3n) is 6.17. The molecule has 0 saturated carbocycles. The van der Waals surface area contributed by atoms with Crippen LogP contribution in [-0.4, -0.2) is 72.3 Å². The summed E-state index contributed by atoms with van der Waals surface area (Å²) in [5, 5.41) is 3.02. The Bertz CT molecular complexity index is 1010. The van der Waals surface area contributed by atoms with Gasteiger partial charge in [-0.1, -0.05) is 42.5 Å². The summed E-state index contributed by atoms with van der Waals surface area (Å²) in [7, 11) is 1.48. The zero-order valence-corrected chi connectivity index (χ0v) is 18.5. The van der Waals surface area contributed by atoms with Crippen molar-refractivity contribution in [1.82, 2.24) is 15.1 Å². The van der Waals surface area contributed by atoms with E-state index in [1.165, 1.54) is 7.11 Å². The van der Waals surface area contributed by atoms with E-state index in [1.54, 1.807) is 29.2 Å². The lowest BCUT2D eigenvalue weighted by Gasteiger charge is -2.34. The summed E-state index contributed by atoms with van der Waals surface area (Å²) in [6.07, 6.45) is 1.42. The molecule has 0 spiro atoms. The van der Waals surface area contributed by atoms with Gasteiger partial charge in [0.2, 0.25) is 11.8 Å². The van der Waals surface area contributed by atoms with Gasteiger partial charge in [-0.3, -0.25) is 24.1 Å². The second-order valence-corrected chi connectivity index (χ2v) is 8.33. The molecule has 2 aromatic carbocycles. The van der Waals surface area contributed by atoms with E-state index < -0.39 is 17.9 Å². The first-order chi connectivity index (χ1) is 16.0. The highest BCUT2D eigenvalue weighted by atomic mass is 16.5. The minimum atomic E-state index is -0.965. The molecule has 4 amide bonds. The predicted octanol–water partition coefficient (Wildman–Crippen LogP) is 1.65. The van der Waals surface area contributed by atoms with Crippen molar-refractivity contribution in [3.05, 3.63) is 71.3 Å². The first-order valence-corrected chi connectivity index (χ1v) is 11.1. The maximum absolute atomic E-state index is 13.4. The van der Waals surface area contributed by atoms with Crippen LogP contribution in [0.5, 0.6) is 0 Å². The van der Waals surface area contributed by atoms with Gasteiger partial charge >= 0.3 is 0 Å². The average Bonchev–Trinajstić information content (AvgIpc) is 3.09. The Morgan fingerprint density at radius 1 is 0.970 bits per heavy atom. The number of amides is 4. The lowest BCUT2D eigenvalue weighted by atomic mass is 10.0. The van der Waals surface area contributed by atoms with E-state index >= 15 is 0 Å². The van der Waals surface area contributed by atoms with Crippen LogP contribution in [0.15, 0.2) is 54.6 Å². The van der Waals surface area contributed by atoms with Gasteiger partial charge in [0.1, 0.15) is 12.6 Å². The molecule has 0 radical (unpaired) electrons. The third kappa shape index (κ3) is 4.80. The lowest BCUT2D eigenvalue weighted by molar-refractivity contribution is -0.136. The van der Waals surface area contributed by atoms with Crippen LogP contribution < -0.4 is 5.32 Å². The number of imide groups is 1. The van der Waals surface area contributed by atoms with Crippen LogP contribution in [0.3, 0.4) is 0 Å². The van der Waals surface area contributed by atoms with Gasteiger partial charge in [0.25, 0.3) is 11.8 Å². The Morgan fingerprint density at radius 2 is 1.55 bits per heavy atom. The van der Waals surface area contributed by atoms with Gasteiger partial charge in [-0.05, 0) is 30.5 Å². The van der Waals surface area contributed by atoms with Gasteiger partial charge in [0.15, 0.2) is 0 Å². The number of fused-ring (bicyclic) bond motifs is 1. The first kappa shape index (κ1) is 22.7. The van der Waals surface area contributed by atoms with Crippen LogP contribution in [-0.2, 0) is 20.7 Å². The summed E-state index contributed by atoms with van der Waals surface area (Å²) in [6, 6.07) is 14.9. The number of piperidine rings is 1. The monoisotopic (exact) mass is 449 g/mol. The fourth-order valence-corrected chi connectivity index (χ4v) is 4.41. The number of rotatable bonds is 7. The Labute approximate surface area is 192 Å². The highest BCUT2D eigenvalue weighted by Crippen LogP contribution is 2.26. The fraction of sp³-hybridized carbons (Fsp3) is 0.360. The topological polar surface area (TPSA) is 96.0 Å². The van der Waals surface area contributed by atoms with E-state index in [1.807, 2.05) is 30.3 Å². The molecule has 2 aliphatic heterocycles. The number of carbonyl (C=O) groups is 4. The molecular formula is C25H27N3O5. The minimum Gasteiger partial charge on any atom is -0.375 e. The number of nitrogens with zero attached hydrogens (tertiary/aromatic N) is 2. The number of likely N-dealkylation sites (tertiary alicyclic amines) is 1. The van der Waals surface area contributed by atoms with Gasteiger partial charge < -0.3 is 15.0 Å². The van der Waals surface area contributed by atoms with Crippen LogP contribution in [0.2, 0.25) is 0 Å². The maximum atomic E-state index is 13.4. The highest BCUT2D eigenvalue weighted by Gasteiger charge is 2.43. The quantitative estimate of drug-likeness (QED) is 0.649. The molecule has 172 valence electrons. The molecule has 0 aromatic heterocycles. The molecular weight excluding hydrogens is 422 g/mol. The number of ether oxygens (including phenoxy) is 1. The van der Waals surface area contributed by atoms with Gasteiger partial charge in [-0.2, -0.15) is 0 Å². The van der Waals surface area contributed by atoms with E-state index in [-0.39, 0.29) is 30.9 Å². The van der Waals surface area contributed by atoms with Crippen molar-refractivity contribution in [2.75, 3.05) is 26.8 Å². The molecule has 4 rings (SSSR count). The van der Waals surface area contributed by atoms with Gasteiger partial charge in [-0.15, -0.1) is 0 Å². The van der Waals surface area contributed by atoms with Crippen molar-refractivity contribution in [2.45, 2.75) is 31.3 Å². The Hall–Kier alpha value is -3.52. The maximum Gasteiger partial charge on any atom is 0.262 e. The predicted molar refractivity (Wildman–Crippen MR) is 120 cm³/mol. The van der Waals surface area contributed by atoms with E-state index in [4.69, 9.17) is 4.74 Å². The molecule has 2 heterocycles. The summed E-state index contributed by atoms with van der Waals surface area (Å²) >= 11 is 0. The van der Waals surface area contributed by atoms with Crippen molar-refractivity contribution >= 4 is 23.6 Å². The number of hydrogen-bond donors (Lipinski definition) is 1. The standard InChI is InChI=1S/C25H27N3O5/c1-33-16-22(29)27-13-11-18(12-14-27)26-23(30)21(15-17-7-3-2-4-8-17)28-24(31)19-9-5-6-10-20(19)25(28)32/h2-10,18,21H,11-16H2,1H3,(H,26,30). The van der Waals surface area contributed by atoms with Crippen molar-refractivity contribution in [3.63, 3.8) is 0 Å². The molecule has 1 N–H and O–H groups in total. The van der Waals surface area contributed by atoms with Crippen LogP contribution >= 0.6 is 0 Å². The van der Waals surface area contributed by atoms with Crippen molar-refractivity contribution in [2.24, 2.45) is 0 Å². The largest absolute Gasteiger partial charge is 0.375 e. The summed E-state index contributed by atoms with van der Waals surface area (Å²) in [5.74, 6) is -1.34. The number of nitrogens with one attached hydrogen (secondary N) is 1. The van der Waals surface area contributed by atoms with Crippen LogP contribution in [0, 0.1) is 0 Å². The molecule has 1 unspecified atom stereocenters. The zero-order chi connectivity index (χ0) is 23.4. The number of hydrogen-bond acceptors (Lipinski definition) is 5. The van der Waals surface area contributed by atoms with Gasteiger partial charge in [0.05, 0.1) is 11.1 Å². The molecule has 8 heteroatoms. The van der Waals surface area contributed by atoms with Crippen molar-refractivity contribution < 1.29 is 23.9 Å². The Morgan fingerprint density at radius 3 is 2.12 bits per heavy atom. The summed E-state index contributed by atoms with van der Waals surface area (Å²) < 4.78 is 4.91. The smallest absolute Gasteiger partial charge is 0.262 e. The van der Waals surface area contributed by atoms with Crippen LogP contribution in [0.25, 0.3) is 0 Å². The lowest BCUT2D eigenvalue weighted by Crippen LogP contribution is -2.55. The second-order valence-electron chi connectivity index (χ2n) is 8.33. The molecule has 1 fully saturated rings. The Balaban J connectivity index is 1.50. The molecule has 1 atom stereocenters. The molecule has 2 aromatic rings. The van der Waals surface area contributed by atoms with Crippen molar-refractivity contribution in [1.29, 1.82) is 0 Å². The molecule has 33 heavy (non-hydrogen) atoms. The number of carbonyl (C=O) groups excluding carboxylic acids is 4. The first-order valence-electron chi connectivity index (χ1n) is 11.1. The van der Waals surface area contributed by atoms with E-state index in [9.17, 15) is 19.2 Å². The summed E-state index contributed by atoms with van der Waals surface area (Å²) in [4.78, 5) is 54.4. The minimum absolute atomic E-state index is 0.0376. The third-order valence-corrected chi connectivity index (χ3v) is 6.17. The molecule has 8 nitrogen and oxygen atoms in total. The molecule has 0 bridgehead atoms. The normalized spacial score (nSPS) is 17.1. The average molecular weight is 450 g/mol. The summed E-state index contributed by atoms with van der Waals surface area (Å²) in [6.45, 7) is 1.07. The number of benzene rings is 2.